The van der Waals surface area contributed by atoms with Gasteiger partial charge in [0.15, 0.2) is 0 Å². The number of benzene rings is 1. The Kier molecular flexibility index (Phi) is 5.98. The second kappa shape index (κ2) is 7.50. The molecule has 1 aromatic rings. The maximum absolute atomic E-state index is 11.8. The molecule has 6 heteroatoms. The molecule has 1 aromatic carbocycles. The van der Waals surface area contributed by atoms with E-state index in [0.717, 1.165) is 0 Å². The van der Waals surface area contributed by atoms with E-state index in [9.17, 15) is 9.59 Å². The molecule has 0 saturated carbocycles. The molecule has 0 heterocycles. The molecule has 0 saturated heterocycles. The minimum atomic E-state index is -1.17. The number of carbonyl (C=O) groups is 2. The van der Waals surface area contributed by atoms with Gasteiger partial charge in [-0.2, -0.15) is 0 Å². The fraction of sp³-hybridized carbons (Fsp3) is 0.385. The van der Waals surface area contributed by atoms with Gasteiger partial charge in [-0.05, 0) is 12.1 Å². The molecule has 0 bridgehead atoms. The smallest absolute Gasteiger partial charge is 0.339 e. The number of hydrogen-bond acceptors (Lipinski definition) is 5. The summed E-state index contributed by atoms with van der Waals surface area (Å²) in [5.41, 5.74) is -0.0736. The molecule has 1 unspecified atom stereocenters. The van der Waals surface area contributed by atoms with Crippen molar-refractivity contribution >= 4 is 11.9 Å². The predicted molar refractivity (Wildman–Crippen MR) is 66.4 cm³/mol. The molecular formula is C13H16O6. The first kappa shape index (κ1) is 15.1. The lowest BCUT2D eigenvalue weighted by atomic mass is 10.1. The Balaban J connectivity index is 2.71. The Bertz CT molecular complexity index is 443. The monoisotopic (exact) mass is 268 g/mol. The van der Waals surface area contributed by atoms with Crippen LogP contribution in [0.2, 0.25) is 0 Å². The highest BCUT2D eigenvalue weighted by molar-refractivity contribution is 6.02. The predicted octanol–water partition coefficient (Wildman–Crippen LogP) is 1.20. The van der Waals surface area contributed by atoms with Crippen molar-refractivity contribution in [3.05, 3.63) is 35.4 Å². The van der Waals surface area contributed by atoms with Crippen molar-refractivity contribution in [2.45, 2.75) is 6.10 Å². The number of esters is 1. The van der Waals surface area contributed by atoms with Crippen molar-refractivity contribution in [1.29, 1.82) is 0 Å². The van der Waals surface area contributed by atoms with Crippen molar-refractivity contribution in [1.82, 2.24) is 0 Å². The summed E-state index contributed by atoms with van der Waals surface area (Å²) in [7, 11) is 2.98. The fourth-order valence-corrected chi connectivity index (χ4v) is 1.46. The Morgan fingerprint density at radius 3 is 2.32 bits per heavy atom. The minimum absolute atomic E-state index is 0.00285. The summed E-state index contributed by atoms with van der Waals surface area (Å²) in [6.45, 7) is 0.279. The molecule has 19 heavy (non-hydrogen) atoms. The van der Waals surface area contributed by atoms with Crippen molar-refractivity contribution in [3.63, 3.8) is 0 Å². The molecule has 0 radical (unpaired) electrons. The lowest BCUT2D eigenvalue weighted by molar-refractivity contribution is -0.0205. The van der Waals surface area contributed by atoms with Gasteiger partial charge >= 0.3 is 11.9 Å². The number of hydrogen-bond donors (Lipinski definition) is 1. The van der Waals surface area contributed by atoms with Crippen molar-refractivity contribution in [2.75, 3.05) is 27.4 Å². The maximum Gasteiger partial charge on any atom is 0.339 e. The van der Waals surface area contributed by atoms with Gasteiger partial charge in [0.05, 0.1) is 17.7 Å². The maximum atomic E-state index is 11.8. The van der Waals surface area contributed by atoms with E-state index in [4.69, 9.17) is 19.3 Å². The molecule has 0 aromatic heterocycles. The summed E-state index contributed by atoms with van der Waals surface area (Å²) in [6.07, 6.45) is -0.383. The largest absolute Gasteiger partial charge is 0.478 e. The number of carboxylic acid groups (broad SMARTS) is 1. The Labute approximate surface area is 110 Å². The number of rotatable bonds is 7. The van der Waals surface area contributed by atoms with E-state index >= 15 is 0 Å². The Morgan fingerprint density at radius 1 is 1.16 bits per heavy atom. The van der Waals surface area contributed by atoms with Gasteiger partial charge in [0.2, 0.25) is 0 Å². The van der Waals surface area contributed by atoms with E-state index in [-0.39, 0.29) is 30.4 Å². The number of carbonyl (C=O) groups excluding carboxylic acids is 1. The zero-order valence-corrected chi connectivity index (χ0v) is 10.8. The van der Waals surface area contributed by atoms with Crippen LogP contribution >= 0.6 is 0 Å². The summed E-state index contributed by atoms with van der Waals surface area (Å²) in [5, 5.41) is 8.97. The van der Waals surface area contributed by atoms with Gasteiger partial charge < -0.3 is 19.3 Å². The van der Waals surface area contributed by atoms with E-state index in [1.165, 1.54) is 26.4 Å². The zero-order valence-electron chi connectivity index (χ0n) is 10.8. The van der Waals surface area contributed by atoms with Gasteiger partial charge in [-0.3, -0.25) is 0 Å². The minimum Gasteiger partial charge on any atom is -0.478 e. The van der Waals surface area contributed by atoms with Crippen LogP contribution in [0.1, 0.15) is 20.7 Å². The molecule has 1 N–H and O–H groups in total. The molecule has 1 rings (SSSR count). The first-order valence-electron chi connectivity index (χ1n) is 5.61. The van der Waals surface area contributed by atoms with Gasteiger partial charge in [0.1, 0.15) is 12.7 Å². The van der Waals surface area contributed by atoms with Crippen LogP contribution in [-0.2, 0) is 14.2 Å². The van der Waals surface area contributed by atoms with Crippen LogP contribution in [0.5, 0.6) is 0 Å². The van der Waals surface area contributed by atoms with Crippen LogP contribution in [0.4, 0.5) is 0 Å². The summed E-state index contributed by atoms with van der Waals surface area (Å²) >= 11 is 0. The lowest BCUT2D eigenvalue weighted by Gasteiger charge is -2.14. The average Bonchev–Trinajstić information content (AvgIpc) is 2.43. The van der Waals surface area contributed by atoms with Gasteiger partial charge in [-0.25, -0.2) is 9.59 Å². The van der Waals surface area contributed by atoms with Gasteiger partial charge in [-0.15, -0.1) is 0 Å². The van der Waals surface area contributed by atoms with E-state index in [2.05, 4.69) is 0 Å². The third-order valence-corrected chi connectivity index (χ3v) is 2.46. The number of ether oxygens (including phenoxy) is 3. The third-order valence-electron chi connectivity index (χ3n) is 2.46. The van der Waals surface area contributed by atoms with Crippen LogP contribution in [0.25, 0.3) is 0 Å². The Morgan fingerprint density at radius 2 is 1.79 bits per heavy atom. The number of aromatic carboxylic acids is 1. The SMILES string of the molecule is COCC(COC(=O)c1ccccc1C(=O)O)OC. The first-order chi connectivity index (χ1) is 9.10. The number of carboxylic acids is 1. The van der Waals surface area contributed by atoms with Crippen molar-refractivity contribution < 1.29 is 28.9 Å². The second-order valence-electron chi connectivity index (χ2n) is 3.76. The molecule has 1 atom stereocenters. The summed E-state index contributed by atoms with van der Waals surface area (Å²) < 4.78 is 14.9. The molecule has 0 aliphatic carbocycles. The molecule has 0 aliphatic heterocycles. The summed E-state index contributed by atoms with van der Waals surface area (Å²) in [4.78, 5) is 22.8. The molecule has 0 fully saturated rings. The topological polar surface area (TPSA) is 82.1 Å². The lowest BCUT2D eigenvalue weighted by Crippen LogP contribution is -2.26. The van der Waals surface area contributed by atoms with Crippen LogP contribution in [0.3, 0.4) is 0 Å². The molecule has 6 nitrogen and oxygen atoms in total. The quantitative estimate of drug-likeness (QED) is 0.748. The first-order valence-corrected chi connectivity index (χ1v) is 5.61. The van der Waals surface area contributed by atoms with Crippen LogP contribution in [0, 0.1) is 0 Å². The average molecular weight is 268 g/mol. The van der Waals surface area contributed by atoms with E-state index in [1.807, 2.05) is 0 Å². The highest BCUT2D eigenvalue weighted by Crippen LogP contribution is 2.10. The fourth-order valence-electron chi connectivity index (χ4n) is 1.46. The molecule has 0 amide bonds. The normalized spacial score (nSPS) is 11.9. The van der Waals surface area contributed by atoms with E-state index in [0.29, 0.717) is 0 Å². The molecule has 104 valence electrons. The van der Waals surface area contributed by atoms with Crippen LogP contribution in [-0.4, -0.2) is 50.6 Å². The molecular weight excluding hydrogens is 252 g/mol. The third kappa shape index (κ3) is 4.35. The standard InChI is InChI=1S/C13H16O6/c1-17-7-9(18-2)8-19-13(16)11-6-4-3-5-10(11)12(14)15/h3-6,9H,7-8H2,1-2H3,(H,14,15). The van der Waals surface area contributed by atoms with Gasteiger partial charge in [0.25, 0.3) is 0 Å². The van der Waals surface area contributed by atoms with E-state index in [1.54, 1.807) is 12.1 Å². The zero-order chi connectivity index (χ0) is 14.3. The highest BCUT2D eigenvalue weighted by Gasteiger charge is 2.18. The second-order valence-corrected chi connectivity index (χ2v) is 3.76. The van der Waals surface area contributed by atoms with Crippen molar-refractivity contribution in [3.8, 4) is 0 Å². The van der Waals surface area contributed by atoms with E-state index < -0.39 is 11.9 Å². The molecule has 0 aliphatic rings. The van der Waals surface area contributed by atoms with Crippen LogP contribution < -0.4 is 0 Å². The summed E-state index contributed by atoms with van der Waals surface area (Å²) in [6, 6.07) is 5.88. The summed E-state index contributed by atoms with van der Waals surface area (Å²) in [5.74, 6) is -1.87. The van der Waals surface area contributed by atoms with Crippen LogP contribution in [0.15, 0.2) is 24.3 Å². The molecule has 0 spiro atoms. The Hall–Kier alpha value is -1.92. The van der Waals surface area contributed by atoms with Gasteiger partial charge in [-0.1, -0.05) is 12.1 Å². The van der Waals surface area contributed by atoms with Crippen molar-refractivity contribution in [2.24, 2.45) is 0 Å². The van der Waals surface area contributed by atoms with Gasteiger partial charge in [0, 0.05) is 14.2 Å². The highest BCUT2D eigenvalue weighted by atomic mass is 16.6. The number of methoxy groups -OCH3 is 2.